The Hall–Kier alpha value is -2.21. The van der Waals surface area contributed by atoms with Crippen molar-refractivity contribution in [1.82, 2.24) is 5.32 Å². The fraction of sp³-hybridized carbons (Fsp3) is 0.280. The molecule has 0 spiro atoms. The molecule has 0 aliphatic carbocycles. The minimum Gasteiger partial charge on any atom is -0.496 e. The molecule has 0 aliphatic heterocycles. The minimum absolute atomic E-state index is 0.370. The fourth-order valence-electron chi connectivity index (χ4n) is 3.26. The SMILES string of the molecule is CCOc1cc(CNCCc2ccccc2OC)cc(Br)c1OCc1ccccc1Cl. The van der Waals surface area contributed by atoms with Gasteiger partial charge in [0.05, 0.1) is 18.2 Å². The van der Waals surface area contributed by atoms with Crippen molar-refractivity contribution in [3.05, 3.63) is 86.8 Å². The Labute approximate surface area is 197 Å². The summed E-state index contributed by atoms with van der Waals surface area (Å²) in [6, 6.07) is 19.8. The van der Waals surface area contributed by atoms with Crippen molar-refractivity contribution in [3.63, 3.8) is 0 Å². The molecular formula is C25H27BrClNO3. The molecule has 1 N–H and O–H groups in total. The lowest BCUT2D eigenvalue weighted by atomic mass is 10.1. The van der Waals surface area contributed by atoms with Gasteiger partial charge in [0.15, 0.2) is 11.5 Å². The van der Waals surface area contributed by atoms with E-state index in [0.29, 0.717) is 29.7 Å². The second-order valence-corrected chi connectivity index (χ2v) is 8.22. The van der Waals surface area contributed by atoms with E-state index in [0.717, 1.165) is 40.9 Å². The van der Waals surface area contributed by atoms with Crippen LogP contribution in [0.25, 0.3) is 0 Å². The van der Waals surface area contributed by atoms with Crippen LogP contribution in [0.4, 0.5) is 0 Å². The van der Waals surface area contributed by atoms with E-state index in [-0.39, 0.29) is 0 Å². The molecule has 0 saturated heterocycles. The molecule has 0 saturated carbocycles. The van der Waals surface area contributed by atoms with Crippen molar-refractivity contribution in [1.29, 1.82) is 0 Å². The van der Waals surface area contributed by atoms with Gasteiger partial charge in [-0.15, -0.1) is 0 Å². The average molecular weight is 505 g/mol. The monoisotopic (exact) mass is 503 g/mol. The van der Waals surface area contributed by atoms with E-state index in [1.807, 2.05) is 55.5 Å². The van der Waals surface area contributed by atoms with Crippen LogP contribution in [0.3, 0.4) is 0 Å². The molecule has 0 aromatic heterocycles. The molecule has 31 heavy (non-hydrogen) atoms. The van der Waals surface area contributed by atoms with Crippen LogP contribution >= 0.6 is 27.5 Å². The second kappa shape index (κ2) is 12.0. The van der Waals surface area contributed by atoms with Crippen molar-refractivity contribution in [2.45, 2.75) is 26.5 Å². The predicted octanol–water partition coefficient (Wildman–Crippen LogP) is 6.42. The largest absolute Gasteiger partial charge is 0.496 e. The smallest absolute Gasteiger partial charge is 0.175 e. The van der Waals surface area contributed by atoms with Crippen molar-refractivity contribution in [2.75, 3.05) is 20.3 Å². The van der Waals surface area contributed by atoms with Crippen molar-refractivity contribution < 1.29 is 14.2 Å². The quantitative estimate of drug-likeness (QED) is 0.306. The molecule has 0 heterocycles. The van der Waals surface area contributed by atoms with Crippen LogP contribution in [-0.2, 0) is 19.6 Å². The third kappa shape index (κ3) is 6.63. The lowest BCUT2D eigenvalue weighted by Gasteiger charge is -2.16. The minimum atomic E-state index is 0.370. The summed E-state index contributed by atoms with van der Waals surface area (Å²) in [6.45, 7) is 4.45. The predicted molar refractivity (Wildman–Crippen MR) is 129 cm³/mol. The molecule has 0 radical (unpaired) electrons. The van der Waals surface area contributed by atoms with Gasteiger partial charge in [0.1, 0.15) is 12.4 Å². The molecule has 0 fully saturated rings. The highest BCUT2D eigenvalue weighted by molar-refractivity contribution is 9.10. The number of ether oxygens (including phenoxy) is 3. The molecule has 0 atom stereocenters. The lowest BCUT2D eigenvalue weighted by molar-refractivity contribution is 0.267. The number of hydrogen-bond acceptors (Lipinski definition) is 4. The maximum Gasteiger partial charge on any atom is 0.175 e. The summed E-state index contributed by atoms with van der Waals surface area (Å²) in [7, 11) is 1.70. The molecule has 0 unspecified atom stereocenters. The van der Waals surface area contributed by atoms with E-state index in [1.54, 1.807) is 7.11 Å². The first-order chi connectivity index (χ1) is 15.1. The topological polar surface area (TPSA) is 39.7 Å². The molecule has 6 heteroatoms. The van der Waals surface area contributed by atoms with Crippen LogP contribution in [0.15, 0.2) is 65.1 Å². The number of rotatable bonds is 11. The first-order valence-corrected chi connectivity index (χ1v) is 11.4. The van der Waals surface area contributed by atoms with Crippen LogP contribution in [0, 0.1) is 0 Å². The summed E-state index contributed by atoms with van der Waals surface area (Å²) in [4.78, 5) is 0. The zero-order chi connectivity index (χ0) is 22.1. The van der Waals surface area contributed by atoms with E-state index in [2.05, 4.69) is 33.4 Å². The maximum absolute atomic E-state index is 6.25. The van der Waals surface area contributed by atoms with E-state index < -0.39 is 0 Å². The van der Waals surface area contributed by atoms with Crippen LogP contribution < -0.4 is 19.5 Å². The van der Waals surface area contributed by atoms with Crippen LogP contribution in [-0.4, -0.2) is 20.3 Å². The van der Waals surface area contributed by atoms with Gasteiger partial charge in [-0.3, -0.25) is 0 Å². The highest BCUT2D eigenvalue weighted by Crippen LogP contribution is 2.37. The van der Waals surface area contributed by atoms with Gasteiger partial charge in [-0.1, -0.05) is 48.0 Å². The Morgan fingerprint density at radius 1 is 0.935 bits per heavy atom. The Kier molecular flexibility index (Phi) is 9.07. The zero-order valence-corrected chi connectivity index (χ0v) is 20.1. The molecule has 164 valence electrons. The lowest BCUT2D eigenvalue weighted by Crippen LogP contribution is -2.17. The van der Waals surface area contributed by atoms with Gasteiger partial charge in [0.2, 0.25) is 0 Å². The average Bonchev–Trinajstić information content (AvgIpc) is 2.77. The number of nitrogens with one attached hydrogen (secondary N) is 1. The summed E-state index contributed by atoms with van der Waals surface area (Å²) < 4.78 is 18.2. The van der Waals surface area contributed by atoms with Gasteiger partial charge in [0, 0.05) is 17.1 Å². The Balaban J connectivity index is 1.63. The highest BCUT2D eigenvalue weighted by Gasteiger charge is 2.13. The van der Waals surface area contributed by atoms with Crippen molar-refractivity contribution in [2.24, 2.45) is 0 Å². The molecule has 3 aromatic rings. The van der Waals surface area contributed by atoms with Gasteiger partial charge < -0.3 is 19.5 Å². The summed E-state index contributed by atoms with van der Waals surface area (Å²) in [5.41, 5.74) is 3.23. The first kappa shape index (κ1) is 23.5. The van der Waals surface area contributed by atoms with E-state index in [4.69, 9.17) is 25.8 Å². The molecule has 4 nitrogen and oxygen atoms in total. The number of halogens is 2. The van der Waals surface area contributed by atoms with Crippen LogP contribution in [0.5, 0.6) is 17.2 Å². The molecule has 0 aliphatic rings. The fourth-order valence-corrected chi connectivity index (χ4v) is 4.05. The van der Waals surface area contributed by atoms with E-state index >= 15 is 0 Å². The normalized spacial score (nSPS) is 10.7. The molecule has 3 aromatic carbocycles. The molecule has 0 bridgehead atoms. The number of benzene rings is 3. The zero-order valence-electron chi connectivity index (χ0n) is 17.8. The summed E-state index contributed by atoms with van der Waals surface area (Å²) >= 11 is 9.89. The third-order valence-corrected chi connectivity index (χ3v) is 5.75. The first-order valence-electron chi connectivity index (χ1n) is 10.3. The highest BCUT2D eigenvalue weighted by atomic mass is 79.9. The molecular weight excluding hydrogens is 478 g/mol. The number of methoxy groups -OCH3 is 1. The van der Waals surface area contributed by atoms with Gasteiger partial charge >= 0.3 is 0 Å². The third-order valence-electron chi connectivity index (χ3n) is 4.79. The van der Waals surface area contributed by atoms with Gasteiger partial charge in [0.25, 0.3) is 0 Å². The van der Waals surface area contributed by atoms with Crippen LogP contribution in [0.1, 0.15) is 23.6 Å². The van der Waals surface area contributed by atoms with Crippen LogP contribution in [0.2, 0.25) is 5.02 Å². The maximum atomic E-state index is 6.25. The standard InChI is InChI=1S/C25H27BrClNO3/c1-3-30-24-15-18(16-28-13-12-19-8-5-7-11-23(19)29-2)14-21(26)25(24)31-17-20-9-4-6-10-22(20)27/h4-11,14-15,28H,3,12-13,16-17H2,1-2H3. The number of para-hydroxylation sites is 1. The number of hydrogen-bond donors (Lipinski definition) is 1. The van der Waals surface area contributed by atoms with Crippen molar-refractivity contribution in [3.8, 4) is 17.2 Å². The second-order valence-electron chi connectivity index (χ2n) is 6.96. The van der Waals surface area contributed by atoms with Gasteiger partial charge in [-0.05, 0) is 71.2 Å². The Morgan fingerprint density at radius 3 is 2.42 bits per heavy atom. The summed E-state index contributed by atoms with van der Waals surface area (Å²) in [6.07, 6.45) is 0.891. The van der Waals surface area contributed by atoms with E-state index in [9.17, 15) is 0 Å². The molecule has 0 amide bonds. The van der Waals surface area contributed by atoms with Gasteiger partial charge in [-0.2, -0.15) is 0 Å². The summed E-state index contributed by atoms with van der Waals surface area (Å²) in [5.74, 6) is 2.32. The Bertz CT molecular complexity index is 996. The van der Waals surface area contributed by atoms with Gasteiger partial charge in [-0.25, -0.2) is 0 Å². The van der Waals surface area contributed by atoms with E-state index in [1.165, 1.54) is 5.56 Å². The Morgan fingerprint density at radius 2 is 1.68 bits per heavy atom. The summed E-state index contributed by atoms with van der Waals surface area (Å²) in [5, 5.41) is 4.18. The molecule has 3 rings (SSSR count). The van der Waals surface area contributed by atoms with Crippen molar-refractivity contribution >= 4 is 27.5 Å².